The summed E-state index contributed by atoms with van der Waals surface area (Å²) >= 11 is 0. The fourth-order valence-corrected chi connectivity index (χ4v) is 2.20. The number of nitrogens with one attached hydrogen (secondary N) is 1. The van der Waals surface area contributed by atoms with Crippen LogP contribution in [-0.2, 0) is 16.3 Å². The first-order valence-electron chi connectivity index (χ1n) is 5.55. The second-order valence-corrected chi connectivity index (χ2v) is 6.06. The standard InChI is InChI=1S/C11H14N4O3S/c1-19(16,17)8-2-3-10(9(12)6-8)13-5-4-11-14-7-18-15-11/h2-3,6-7,13H,4-5,12H2,1H3. The van der Waals surface area contributed by atoms with Gasteiger partial charge in [-0.2, -0.15) is 4.98 Å². The SMILES string of the molecule is CS(=O)(=O)c1ccc(NCCc2ncon2)c(N)c1. The fraction of sp³-hybridized carbons (Fsp3) is 0.273. The Bertz CT molecular complexity index is 653. The lowest BCUT2D eigenvalue weighted by Crippen LogP contribution is -2.08. The minimum absolute atomic E-state index is 0.203. The molecule has 0 radical (unpaired) electrons. The summed E-state index contributed by atoms with van der Waals surface area (Å²) in [5, 5.41) is 6.77. The number of sulfone groups is 1. The van der Waals surface area contributed by atoms with Gasteiger partial charge in [-0.1, -0.05) is 5.16 Å². The molecule has 19 heavy (non-hydrogen) atoms. The van der Waals surface area contributed by atoms with Crippen molar-refractivity contribution < 1.29 is 12.9 Å². The molecule has 2 aromatic rings. The number of aromatic nitrogens is 2. The number of benzene rings is 1. The van der Waals surface area contributed by atoms with Gasteiger partial charge in [0.15, 0.2) is 15.7 Å². The van der Waals surface area contributed by atoms with Crippen LogP contribution >= 0.6 is 0 Å². The van der Waals surface area contributed by atoms with Gasteiger partial charge in [-0.3, -0.25) is 0 Å². The summed E-state index contributed by atoms with van der Waals surface area (Å²) in [6.07, 6.45) is 3.00. The lowest BCUT2D eigenvalue weighted by Gasteiger charge is -2.09. The van der Waals surface area contributed by atoms with Crippen molar-refractivity contribution in [3.63, 3.8) is 0 Å². The zero-order valence-corrected chi connectivity index (χ0v) is 11.1. The molecule has 102 valence electrons. The molecule has 3 N–H and O–H groups in total. The van der Waals surface area contributed by atoms with Crippen molar-refractivity contribution in [3.8, 4) is 0 Å². The van der Waals surface area contributed by atoms with Gasteiger partial charge >= 0.3 is 0 Å². The third kappa shape index (κ3) is 3.44. The van der Waals surface area contributed by atoms with Gasteiger partial charge in [-0.25, -0.2) is 8.42 Å². The van der Waals surface area contributed by atoms with Crippen molar-refractivity contribution in [2.75, 3.05) is 23.9 Å². The number of hydrogen-bond donors (Lipinski definition) is 2. The van der Waals surface area contributed by atoms with Gasteiger partial charge in [0.1, 0.15) is 0 Å². The quantitative estimate of drug-likeness (QED) is 0.777. The summed E-state index contributed by atoms with van der Waals surface area (Å²) < 4.78 is 27.3. The number of hydrogen-bond acceptors (Lipinski definition) is 7. The van der Waals surface area contributed by atoms with Crippen molar-refractivity contribution in [2.24, 2.45) is 0 Å². The zero-order valence-electron chi connectivity index (χ0n) is 10.3. The molecule has 0 spiro atoms. The molecule has 0 unspecified atom stereocenters. The first kappa shape index (κ1) is 13.3. The Morgan fingerprint density at radius 2 is 2.21 bits per heavy atom. The maximum atomic E-state index is 11.4. The highest BCUT2D eigenvalue weighted by molar-refractivity contribution is 7.90. The van der Waals surface area contributed by atoms with Gasteiger partial charge in [0, 0.05) is 19.2 Å². The van der Waals surface area contributed by atoms with E-state index in [1.54, 1.807) is 6.07 Å². The number of anilines is 2. The van der Waals surface area contributed by atoms with Crippen LogP contribution in [0.1, 0.15) is 5.82 Å². The topological polar surface area (TPSA) is 111 Å². The molecule has 1 aromatic carbocycles. The highest BCUT2D eigenvalue weighted by atomic mass is 32.2. The van der Waals surface area contributed by atoms with Crippen LogP contribution in [0, 0.1) is 0 Å². The maximum absolute atomic E-state index is 11.4. The third-order valence-corrected chi connectivity index (χ3v) is 3.63. The van der Waals surface area contributed by atoms with E-state index >= 15 is 0 Å². The van der Waals surface area contributed by atoms with E-state index in [4.69, 9.17) is 5.73 Å². The molecular weight excluding hydrogens is 268 g/mol. The van der Waals surface area contributed by atoms with Crippen LogP contribution in [0.25, 0.3) is 0 Å². The average Bonchev–Trinajstić information content (AvgIpc) is 2.83. The number of nitrogens with two attached hydrogens (primary N) is 1. The van der Waals surface area contributed by atoms with Crippen LogP contribution in [0.2, 0.25) is 0 Å². The van der Waals surface area contributed by atoms with Crippen molar-refractivity contribution in [2.45, 2.75) is 11.3 Å². The largest absolute Gasteiger partial charge is 0.397 e. The third-order valence-electron chi connectivity index (χ3n) is 2.52. The summed E-state index contributed by atoms with van der Waals surface area (Å²) in [6, 6.07) is 4.59. The smallest absolute Gasteiger partial charge is 0.213 e. The van der Waals surface area contributed by atoms with E-state index in [0.29, 0.717) is 30.2 Å². The fourth-order valence-electron chi connectivity index (χ4n) is 1.54. The van der Waals surface area contributed by atoms with Gasteiger partial charge in [0.25, 0.3) is 0 Å². The molecule has 1 aromatic heterocycles. The monoisotopic (exact) mass is 282 g/mol. The predicted octanol–water partition coefficient (Wildman–Crippen LogP) is 0.710. The molecule has 0 aliphatic heterocycles. The second kappa shape index (κ2) is 5.27. The van der Waals surface area contributed by atoms with E-state index in [9.17, 15) is 8.42 Å². The number of nitrogen functional groups attached to an aromatic ring is 1. The Labute approximate surface area is 110 Å². The first-order valence-corrected chi connectivity index (χ1v) is 7.44. The Kier molecular flexibility index (Phi) is 3.70. The molecular formula is C11H14N4O3S. The minimum atomic E-state index is -3.24. The van der Waals surface area contributed by atoms with Crippen LogP contribution in [0.15, 0.2) is 34.0 Å². The van der Waals surface area contributed by atoms with Crippen LogP contribution in [0.5, 0.6) is 0 Å². The molecule has 8 heteroatoms. The number of rotatable bonds is 5. The Balaban J connectivity index is 2.01. The molecule has 7 nitrogen and oxygen atoms in total. The molecule has 0 atom stereocenters. The molecule has 0 saturated carbocycles. The van der Waals surface area contributed by atoms with Crippen LogP contribution in [0.4, 0.5) is 11.4 Å². The van der Waals surface area contributed by atoms with E-state index in [1.165, 1.54) is 18.5 Å². The summed E-state index contributed by atoms with van der Waals surface area (Å²) in [5.41, 5.74) is 6.86. The van der Waals surface area contributed by atoms with Gasteiger partial charge in [0.2, 0.25) is 6.39 Å². The van der Waals surface area contributed by atoms with E-state index in [0.717, 1.165) is 6.26 Å². The van der Waals surface area contributed by atoms with E-state index in [1.807, 2.05) is 0 Å². The van der Waals surface area contributed by atoms with Gasteiger partial charge in [-0.15, -0.1) is 0 Å². The predicted molar refractivity (Wildman–Crippen MR) is 70.5 cm³/mol. The molecule has 2 rings (SSSR count). The summed E-state index contributed by atoms with van der Waals surface area (Å²) in [5.74, 6) is 0.596. The summed E-state index contributed by atoms with van der Waals surface area (Å²) in [6.45, 7) is 0.571. The van der Waals surface area contributed by atoms with Gasteiger partial charge in [0.05, 0.1) is 16.3 Å². The molecule has 0 aliphatic carbocycles. The molecule has 0 aliphatic rings. The lowest BCUT2D eigenvalue weighted by atomic mass is 10.2. The van der Waals surface area contributed by atoms with Crippen molar-refractivity contribution in [1.29, 1.82) is 0 Å². The summed E-state index contributed by atoms with van der Waals surface area (Å²) in [4.78, 5) is 4.09. The van der Waals surface area contributed by atoms with Gasteiger partial charge < -0.3 is 15.6 Å². The molecule has 1 heterocycles. The molecule has 0 saturated heterocycles. The average molecular weight is 282 g/mol. The first-order chi connectivity index (χ1) is 8.97. The maximum Gasteiger partial charge on any atom is 0.213 e. The zero-order chi connectivity index (χ0) is 13.9. The van der Waals surface area contributed by atoms with E-state index < -0.39 is 9.84 Å². The molecule has 0 bridgehead atoms. The van der Waals surface area contributed by atoms with Crippen molar-refractivity contribution in [3.05, 3.63) is 30.4 Å². The van der Waals surface area contributed by atoms with Crippen LogP contribution < -0.4 is 11.1 Å². The van der Waals surface area contributed by atoms with Crippen molar-refractivity contribution >= 4 is 21.2 Å². The van der Waals surface area contributed by atoms with Gasteiger partial charge in [-0.05, 0) is 18.2 Å². The molecule has 0 fully saturated rings. The Morgan fingerprint density at radius 1 is 1.42 bits per heavy atom. The number of nitrogens with zero attached hydrogens (tertiary/aromatic N) is 2. The van der Waals surface area contributed by atoms with Crippen LogP contribution in [-0.4, -0.2) is 31.4 Å². The van der Waals surface area contributed by atoms with E-state index in [-0.39, 0.29) is 4.90 Å². The second-order valence-electron chi connectivity index (χ2n) is 4.05. The normalized spacial score (nSPS) is 11.4. The minimum Gasteiger partial charge on any atom is -0.397 e. The molecule has 0 amide bonds. The van der Waals surface area contributed by atoms with E-state index in [2.05, 4.69) is 20.0 Å². The Morgan fingerprint density at radius 3 is 2.79 bits per heavy atom. The Hall–Kier alpha value is -2.09. The lowest BCUT2D eigenvalue weighted by molar-refractivity contribution is 0.410. The van der Waals surface area contributed by atoms with Crippen LogP contribution in [0.3, 0.4) is 0 Å². The highest BCUT2D eigenvalue weighted by Crippen LogP contribution is 2.22. The highest BCUT2D eigenvalue weighted by Gasteiger charge is 2.09. The summed E-state index contributed by atoms with van der Waals surface area (Å²) in [7, 11) is -3.24. The van der Waals surface area contributed by atoms with Crippen molar-refractivity contribution in [1.82, 2.24) is 10.1 Å².